The first-order valence-corrected chi connectivity index (χ1v) is 10.9. The molecular formula is C21H42O8. The lowest BCUT2D eigenvalue weighted by atomic mass is 10.1. The minimum atomic E-state index is -1.09. The zero-order valence-corrected chi connectivity index (χ0v) is 18.1. The summed E-state index contributed by atoms with van der Waals surface area (Å²) in [5.74, 6) is -0.358. The van der Waals surface area contributed by atoms with E-state index < -0.39 is 37.8 Å². The number of aliphatic hydroxyl groups excluding tert-OH is 4. The van der Waals surface area contributed by atoms with Crippen molar-refractivity contribution in [2.45, 2.75) is 103 Å². The van der Waals surface area contributed by atoms with Gasteiger partial charge in [-0.1, -0.05) is 58.3 Å². The van der Waals surface area contributed by atoms with Crippen LogP contribution in [0.1, 0.15) is 78.1 Å². The summed E-state index contributed by atoms with van der Waals surface area (Å²) >= 11 is 0. The second kappa shape index (κ2) is 19.2. The van der Waals surface area contributed by atoms with Crippen molar-refractivity contribution in [3.8, 4) is 0 Å². The van der Waals surface area contributed by atoms with Gasteiger partial charge in [0.2, 0.25) is 0 Å². The number of carbonyl (C=O) groups excluding carboxylic acids is 1. The molecule has 3 atom stereocenters. The lowest BCUT2D eigenvalue weighted by Crippen LogP contribution is -2.38. The first kappa shape index (κ1) is 28.2. The predicted molar refractivity (Wildman–Crippen MR) is 109 cm³/mol. The van der Waals surface area contributed by atoms with Gasteiger partial charge in [0.05, 0.1) is 26.4 Å². The number of hydrogen-bond acceptors (Lipinski definition) is 8. The molecule has 0 saturated carbocycles. The highest BCUT2D eigenvalue weighted by Gasteiger charge is 2.24. The van der Waals surface area contributed by atoms with E-state index in [2.05, 4.69) is 6.92 Å². The minimum absolute atomic E-state index is 0.212. The molecule has 8 heteroatoms. The maximum absolute atomic E-state index is 12.0. The third kappa shape index (κ3) is 16.7. The van der Waals surface area contributed by atoms with Gasteiger partial charge in [-0.15, -0.1) is 0 Å². The minimum Gasteiger partial charge on any atom is -0.457 e. The highest BCUT2D eigenvalue weighted by molar-refractivity contribution is 5.69. The lowest BCUT2D eigenvalue weighted by Gasteiger charge is -2.26. The van der Waals surface area contributed by atoms with Crippen LogP contribution in [-0.4, -0.2) is 77.4 Å². The van der Waals surface area contributed by atoms with Gasteiger partial charge in [0, 0.05) is 6.42 Å². The summed E-state index contributed by atoms with van der Waals surface area (Å²) in [6.07, 6.45) is 6.78. The molecule has 4 N–H and O–H groups in total. The first-order chi connectivity index (χ1) is 13.9. The van der Waals surface area contributed by atoms with Crippen LogP contribution >= 0.6 is 0 Å². The van der Waals surface area contributed by atoms with E-state index in [0.29, 0.717) is 6.42 Å². The maximum atomic E-state index is 12.0. The van der Waals surface area contributed by atoms with Crippen LogP contribution in [0.25, 0.3) is 0 Å². The normalized spacial score (nSPS) is 15.7. The van der Waals surface area contributed by atoms with Gasteiger partial charge in [0.25, 0.3) is 0 Å². The SMILES string of the molecule is CCCCCCCCCCCC(=O)OC(C)C(OCC(O)CO)OCC(O)CO. The van der Waals surface area contributed by atoms with Gasteiger partial charge in [-0.3, -0.25) is 4.79 Å². The van der Waals surface area contributed by atoms with E-state index in [4.69, 9.17) is 24.4 Å². The zero-order valence-electron chi connectivity index (χ0n) is 18.1. The van der Waals surface area contributed by atoms with Gasteiger partial charge >= 0.3 is 5.97 Å². The quantitative estimate of drug-likeness (QED) is 0.133. The van der Waals surface area contributed by atoms with Crippen LogP contribution in [0, 0.1) is 0 Å². The molecule has 174 valence electrons. The summed E-state index contributed by atoms with van der Waals surface area (Å²) in [6.45, 7) is 2.43. The van der Waals surface area contributed by atoms with Gasteiger partial charge in [-0.2, -0.15) is 0 Å². The summed E-state index contributed by atoms with van der Waals surface area (Å²) in [5, 5.41) is 36.6. The largest absolute Gasteiger partial charge is 0.457 e. The molecule has 0 aromatic rings. The van der Waals surface area contributed by atoms with Gasteiger partial charge in [0.15, 0.2) is 6.29 Å². The average molecular weight is 423 g/mol. The van der Waals surface area contributed by atoms with Crippen molar-refractivity contribution in [3.63, 3.8) is 0 Å². The number of rotatable bonds is 20. The average Bonchev–Trinajstić information content (AvgIpc) is 2.71. The Labute approximate surface area is 175 Å². The predicted octanol–water partition coefficient (Wildman–Crippen LogP) is 1.90. The molecular weight excluding hydrogens is 380 g/mol. The Hall–Kier alpha value is -0.770. The van der Waals surface area contributed by atoms with E-state index in [1.54, 1.807) is 6.92 Å². The second-order valence-corrected chi connectivity index (χ2v) is 7.48. The number of carbonyl (C=O) groups is 1. The Morgan fingerprint density at radius 3 is 1.69 bits per heavy atom. The Kier molecular flexibility index (Phi) is 18.7. The van der Waals surface area contributed by atoms with Gasteiger partial charge < -0.3 is 34.6 Å². The molecule has 29 heavy (non-hydrogen) atoms. The molecule has 0 spiro atoms. The molecule has 0 aliphatic carbocycles. The topological polar surface area (TPSA) is 126 Å². The van der Waals surface area contributed by atoms with E-state index in [9.17, 15) is 15.0 Å². The molecule has 0 heterocycles. The summed E-state index contributed by atoms with van der Waals surface area (Å²) < 4.78 is 16.0. The van der Waals surface area contributed by atoms with Crippen molar-refractivity contribution < 1.29 is 39.4 Å². The molecule has 0 radical (unpaired) electrons. The van der Waals surface area contributed by atoms with Crippen LogP contribution in [0.3, 0.4) is 0 Å². The monoisotopic (exact) mass is 422 g/mol. The summed E-state index contributed by atoms with van der Waals surface area (Å²) in [6, 6.07) is 0. The molecule has 0 saturated heterocycles. The molecule has 0 aromatic heterocycles. The third-order valence-electron chi connectivity index (χ3n) is 4.51. The smallest absolute Gasteiger partial charge is 0.306 e. The second-order valence-electron chi connectivity index (χ2n) is 7.48. The van der Waals surface area contributed by atoms with Crippen molar-refractivity contribution in [2.24, 2.45) is 0 Å². The maximum Gasteiger partial charge on any atom is 0.306 e. The van der Waals surface area contributed by atoms with E-state index in [0.717, 1.165) is 19.3 Å². The van der Waals surface area contributed by atoms with Gasteiger partial charge in [0.1, 0.15) is 18.3 Å². The van der Waals surface area contributed by atoms with E-state index in [-0.39, 0.29) is 19.2 Å². The molecule has 0 amide bonds. The van der Waals surface area contributed by atoms with Crippen LogP contribution in [0.4, 0.5) is 0 Å². The molecule has 3 unspecified atom stereocenters. The number of esters is 1. The summed E-state index contributed by atoms with van der Waals surface area (Å²) in [7, 11) is 0. The fraction of sp³-hybridized carbons (Fsp3) is 0.952. The van der Waals surface area contributed by atoms with Crippen molar-refractivity contribution in [3.05, 3.63) is 0 Å². The zero-order chi connectivity index (χ0) is 21.9. The first-order valence-electron chi connectivity index (χ1n) is 10.9. The van der Waals surface area contributed by atoms with E-state index in [1.807, 2.05) is 0 Å². The van der Waals surface area contributed by atoms with E-state index >= 15 is 0 Å². The van der Waals surface area contributed by atoms with Crippen LogP contribution in [0.15, 0.2) is 0 Å². The Morgan fingerprint density at radius 2 is 1.24 bits per heavy atom. The van der Waals surface area contributed by atoms with Crippen molar-refractivity contribution in [2.75, 3.05) is 26.4 Å². The van der Waals surface area contributed by atoms with Crippen molar-refractivity contribution in [1.29, 1.82) is 0 Å². The number of unbranched alkanes of at least 4 members (excludes halogenated alkanes) is 8. The third-order valence-corrected chi connectivity index (χ3v) is 4.51. The number of ether oxygens (including phenoxy) is 3. The van der Waals surface area contributed by atoms with Crippen LogP contribution in [0.2, 0.25) is 0 Å². The van der Waals surface area contributed by atoms with Crippen molar-refractivity contribution >= 4 is 5.97 Å². The molecule has 0 fully saturated rings. The molecule has 0 bridgehead atoms. The summed E-state index contributed by atoms with van der Waals surface area (Å²) in [5.41, 5.74) is 0. The van der Waals surface area contributed by atoms with Gasteiger partial charge in [-0.05, 0) is 13.3 Å². The molecule has 0 rings (SSSR count). The highest BCUT2D eigenvalue weighted by Crippen LogP contribution is 2.13. The van der Waals surface area contributed by atoms with E-state index in [1.165, 1.54) is 38.5 Å². The lowest BCUT2D eigenvalue weighted by molar-refractivity contribution is -0.222. The molecule has 0 aromatic carbocycles. The highest BCUT2D eigenvalue weighted by atomic mass is 16.7. The fourth-order valence-corrected chi connectivity index (χ4v) is 2.74. The standard InChI is InChI=1S/C21H42O8/c1-3-4-5-6-7-8-9-10-11-12-20(26)29-17(2)21(27-15-18(24)13-22)28-16-19(25)14-23/h17-19,21-25H,3-16H2,1-2H3. The molecule has 0 aliphatic rings. The van der Waals surface area contributed by atoms with Gasteiger partial charge in [-0.25, -0.2) is 0 Å². The Bertz CT molecular complexity index is 366. The molecule has 0 aliphatic heterocycles. The van der Waals surface area contributed by atoms with Crippen LogP contribution < -0.4 is 0 Å². The Balaban J connectivity index is 4.10. The van der Waals surface area contributed by atoms with Crippen LogP contribution in [0.5, 0.6) is 0 Å². The molecule has 8 nitrogen and oxygen atoms in total. The fourth-order valence-electron chi connectivity index (χ4n) is 2.74. The number of hydrogen-bond donors (Lipinski definition) is 4. The Morgan fingerprint density at radius 1 is 0.793 bits per heavy atom. The summed E-state index contributed by atoms with van der Waals surface area (Å²) in [4.78, 5) is 12.0. The van der Waals surface area contributed by atoms with Crippen LogP contribution in [-0.2, 0) is 19.0 Å². The van der Waals surface area contributed by atoms with Crippen molar-refractivity contribution in [1.82, 2.24) is 0 Å². The number of aliphatic hydroxyl groups is 4.